The van der Waals surface area contributed by atoms with E-state index in [1.807, 2.05) is 0 Å². The first-order valence-electron chi connectivity index (χ1n) is 11.3. The summed E-state index contributed by atoms with van der Waals surface area (Å²) in [7, 11) is 2.26. The van der Waals surface area contributed by atoms with E-state index in [9.17, 15) is 0 Å². The van der Waals surface area contributed by atoms with Gasteiger partial charge < -0.3 is 4.74 Å². The third-order valence-corrected chi connectivity index (χ3v) is 6.23. The third-order valence-electron chi connectivity index (χ3n) is 6.23. The van der Waals surface area contributed by atoms with Gasteiger partial charge >= 0.3 is 0 Å². The fourth-order valence-electron chi connectivity index (χ4n) is 4.40. The first kappa shape index (κ1) is 21.0. The van der Waals surface area contributed by atoms with E-state index in [4.69, 9.17) is 4.74 Å². The maximum absolute atomic E-state index is 5.69. The van der Waals surface area contributed by atoms with Crippen LogP contribution in [0.1, 0.15) is 103 Å². The van der Waals surface area contributed by atoms with Crippen molar-refractivity contribution in [2.75, 3.05) is 20.3 Å². The van der Waals surface area contributed by atoms with Crippen LogP contribution in [-0.2, 0) is 4.74 Å². The Morgan fingerprint density at radius 2 is 1.40 bits per heavy atom. The van der Waals surface area contributed by atoms with Gasteiger partial charge in [0.1, 0.15) is 0 Å². The van der Waals surface area contributed by atoms with Gasteiger partial charge in [0.25, 0.3) is 0 Å². The number of ether oxygens (including phenoxy) is 1. The molecule has 25 heavy (non-hydrogen) atoms. The second-order valence-corrected chi connectivity index (χ2v) is 8.45. The van der Waals surface area contributed by atoms with E-state index in [2.05, 4.69) is 24.9 Å². The van der Waals surface area contributed by atoms with E-state index >= 15 is 0 Å². The molecule has 146 valence electrons. The van der Waals surface area contributed by atoms with E-state index in [0.717, 1.165) is 13.2 Å². The number of likely N-dealkylation sites (N-methyl/N-ethyl adjacent to an activating group) is 1. The number of fused-ring (bicyclic) bond motifs is 2. The van der Waals surface area contributed by atoms with Crippen molar-refractivity contribution in [1.29, 1.82) is 0 Å². The lowest BCUT2D eigenvalue weighted by Crippen LogP contribution is -2.51. The molecule has 2 nitrogen and oxygen atoms in total. The zero-order valence-corrected chi connectivity index (χ0v) is 17.1. The number of nitrogens with zero attached hydrogens (tertiary/aromatic N) is 1. The van der Waals surface area contributed by atoms with Gasteiger partial charge in [-0.2, -0.15) is 0 Å². The molecule has 0 aromatic rings. The summed E-state index contributed by atoms with van der Waals surface area (Å²) in [5.74, 6) is 0. The van der Waals surface area contributed by atoms with Crippen LogP contribution >= 0.6 is 0 Å². The van der Waals surface area contributed by atoms with Crippen molar-refractivity contribution >= 4 is 0 Å². The maximum atomic E-state index is 5.69. The van der Waals surface area contributed by atoms with Crippen LogP contribution in [0.25, 0.3) is 0 Å². The summed E-state index contributed by atoms with van der Waals surface area (Å²) in [4.78, 5) is 2.51. The fourth-order valence-corrected chi connectivity index (χ4v) is 4.40. The van der Waals surface area contributed by atoms with E-state index in [0.29, 0.717) is 12.1 Å². The Balaban J connectivity index is 1.38. The van der Waals surface area contributed by atoms with Crippen LogP contribution < -0.4 is 0 Å². The Morgan fingerprint density at radius 3 is 1.96 bits per heavy atom. The normalized spacial score (nSPS) is 23.7. The van der Waals surface area contributed by atoms with Crippen molar-refractivity contribution in [3.8, 4) is 0 Å². The molecule has 1 saturated heterocycles. The minimum Gasteiger partial charge on any atom is -0.378 e. The molecule has 0 radical (unpaired) electrons. The summed E-state index contributed by atoms with van der Waals surface area (Å²) in [5.41, 5.74) is 1.71. The zero-order valence-electron chi connectivity index (χ0n) is 17.1. The van der Waals surface area contributed by atoms with Crippen molar-refractivity contribution in [3.63, 3.8) is 0 Å². The van der Waals surface area contributed by atoms with Gasteiger partial charge in [0.15, 0.2) is 0 Å². The van der Waals surface area contributed by atoms with Crippen molar-refractivity contribution in [2.24, 2.45) is 0 Å². The topological polar surface area (TPSA) is 12.5 Å². The van der Waals surface area contributed by atoms with Gasteiger partial charge in [0.2, 0.25) is 0 Å². The van der Waals surface area contributed by atoms with Crippen LogP contribution in [0, 0.1) is 0 Å². The zero-order chi connectivity index (χ0) is 17.7. The first-order chi connectivity index (χ1) is 12.3. The predicted octanol–water partition coefficient (Wildman–Crippen LogP) is 6.50. The van der Waals surface area contributed by atoms with E-state index in [1.165, 1.54) is 96.3 Å². The van der Waals surface area contributed by atoms with Gasteiger partial charge in [-0.25, -0.2) is 0 Å². The second-order valence-electron chi connectivity index (χ2n) is 8.45. The molecule has 0 aromatic carbocycles. The number of unbranched alkanes of at least 4 members (excludes halogenated alkanes) is 12. The Kier molecular flexibility index (Phi) is 10.8. The van der Waals surface area contributed by atoms with Crippen molar-refractivity contribution in [2.45, 2.75) is 115 Å². The van der Waals surface area contributed by atoms with Gasteiger partial charge in [0, 0.05) is 6.04 Å². The summed E-state index contributed by atoms with van der Waals surface area (Å²) in [6.45, 7) is 4.13. The lowest BCUT2D eigenvalue weighted by Gasteiger charge is -2.42. The molecule has 2 unspecified atom stereocenters. The van der Waals surface area contributed by atoms with Crippen molar-refractivity contribution < 1.29 is 4.74 Å². The van der Waals surface area contributed by atoms with Crippen LogP contribution in [-0.4, -0.2) is 37.2 Å². The summed E-state index contributed by atoms with van der Waals surface area (Å²) in [6, 6.07) is 1.19. The molecule has 0 N–H and O–H groups in total. The highest BCUT2D eigenvalue weighted by Crippen LogP contribution is 2.28. The first-order valence-corrected chi connectivity index (χ1v) is 11.3. The number of rotatable bonds is 14. The molecule has 2 atom stereocenters. The van der Waals surface area contributed by atoms with Gasteiger partial charge in [-0.3, -0.25) is 4.90 Å². The molecule has 2 heteroatoms. The molecule has 0 amide bonds. The van der Waals surface area contributed by atoms with Crippen molar-refractivity contribution in [1.82, 2.24) is 4.90 Å². The van der Waals surface area contributed by atoms with Crippen LogP contribution in [0.2, 0.25) is 0 Å². The van der Waals surface area contributed by atoms with Crippen molar-refractivity contribution in [3.05, 3.63) is 11.6 Å². The standard InChI is InChI=1S/C23H43NO/c1-3-4-5-6-7-8-9-10-11-12-13-14-15-16-21-17-22-19-25-20-23(18-21)24(22)2/h17,22-23H,3-16,18-20H2,1-2H3. The minimum atomic E-state index is 0.546. The minimum absolute atomic E-state index is 0.546. The highest BCUT2D eigenvalue weighted by Gasteiger charge is 2.31. The molecular formula is C23H43NO. The Morgan fingerprint density at radius 1 is 0.840 bits per heavy atom. The Labute approximate surface area is 157 Å². The highest BCUT2D eigenvalue weighted by molar-refractivity contribution is 5.15. The molecule has 0 spiro atoms. The third kappa shape index (κ3) is 8.26. The molecule has 0 aromatic heterocycles. The molecule has 2 bridgehead atoms. The molecule has 1 fully saturated rings. The Bertz CT molecular complexity index is 365. The smallest absolute Gasteiger partial charge is 0.0658 e. The number of hydrogen-bond donors (Lipinski definition) is 0. The molecule has 2 heterocycles. The number of morpholine rings is 1. The fraction of sp³-hybridized carbons (Fsp3) is 0.913. The molecule has 2 aliphatic rings. The van der Waals surface area contributed by atoms with E-state index in [1.54, 1.807) is 5.57 Å². The highest BCUT2D eigenvalue weighted by atomic mass is 16.5. The van der Waals surface area contributed by atoms with Crippen LogP contribution in [0.3, 0.4) is 0 Å². The summed E-state index contributed by atoms with van der Waals surface area (Å²) in [6.07, 6.45) is 23.9. The molecular weight excluding hydrogens is 306 g/mol. The largest absolute Gasteiger partial charge is 0.378 e. The van der Waals surface area contributed by atoms with Gasteiger partial charge in [-0.1, -0.05) is 95.6 Å². The molecule has 0 saturated carbocycles. The maximum Gasteiger partial charge on any atom is 0.0658 e. The Hall–Kier alpha value is -0.340. The lowest BCUT2D eigenvalue weighted by molar-refractivity contribution is -0.0262. The summed E-state index contributed by atoms with van der Waals surface area (Å²) in [5, 5.41) is 0. The van der Waals surface area contributed by atoms with E-state index < -0.39 is 0 Å². The lowest BCUT2D eigenvalue weighted by atomic mass is 9.91. The monoisotopic (exact) mass is 349 g/mol. The molecule has 2 aliphatic heterocycles. The quantitative estimate of drug-likeness (QED) is 0.262. The number of hydrogen-bond acceptors (Lipinski definition) is 2. The summed E-state index contributed by atoms with van der Waals surface area (Å²) < 4.78 is 5.69. The average molecular weight is 350 g/mol. The average Bonchev–Trinajstić information content (AvgIpc) is 2.59. The van der Waals surface area contributed by atoms with Crippen LogP contribution in [0.15, 0.2) is 11.6 Å². The van der Waals surface area contributed by atoms with Gasteiger partial charge in [0.05, 0.1) is 19.3 Å². The van der Waals surface area contributed by atoms with Gasteiger partial charge in [-0.05, 0) is 26.3 Å². The summed E-state index contributed by atoms with van der Waals surface area (Å²) >= 11 is 0. The SMILES string of the molecule is CCCCCCCCCCCCCCCC1=CC2COCC(C1)N2C. The van der Waals surface area contributed by atoms with E-state index in [-0.39, 0.29) is 0 Å². The predicted molar refractivity (Wildman–Crippen MR) is 109 cm³/mol. The molecule has 0 aliphatic carbocycles. The van der Waals surface area contributed by atoms with Gasteiger partial charge in [-0.15, -0.1) is 0 Å². The second kappa shape index (κ2) is 12.9. The van der Waals surface area contributed by atoms with Crippen LogP contribution in [0.5, 0.6) is 0 Å². The van der Waals surface area contributed by atoms with Crippen LogP contribution in [0.4, 0.5) is 0 Å². The molecule has 2 rings (SSSR count).